The normalized spacial score (nSPS) is 8.25. The number of hydrogen-bond donors (Lipinski definition) is 1. The number of aromatic nitrogens is 1. The van der Waals surface area contributed by atoms with Gasteiger partial charge in [0.25, 0.3) is 5.91 Å². The van der Waals surface area contributed by atoms with Gasteiger partial charge in [0.05, 0.1) is 5.56 Å². The molecule has 0 spiro atoms. The summed E-state index contributed by atoms with van der Waals surface area (Å²) in [5.41, 5.74) is 6.20. The maximum atomic E-state index is 10.6. The molecule has 0 saturated heterocycles. The molecule has 0 atom stereocenters. The standard InChI is InChI=1S/C7H8N2O.C2H6/c1-5-6(7(8)10)3-2-4-9-5;1-2/h2-4H,1H3,(H2,8,10);1-2H3. The molecule has 3 heteroatoms. The molecule has 0 radical (unpaired) electrons. The van der Waals surface area contributed by atoms with Crippen LogP contribution in [0.15, 0.2) is 18.3 Å². The average Bonchev–Trinajstić information content (AvgIpc) is 2.08. The molecule has 1 aromatic rings. The monoisotopic (exact) mass is 166 g/mol. The second-order valence-corrected chi connectivity index (χ2v) is 2.00. The molecule has 0 unspecified atom stereocenters. The zero-order valence-electron chi connectivity index (χ0n) is 7.66. The van der Waals surface area contributed by atoms with Gasteiger partial charge < -0.3 is 5.73 Å². The van der Waals surface area contributed by atoms with Gasteiger partial charge in [-0.1, -0.05) is 13.8 Å². The van der Waals surface area contributed by atoms with Crippen molar-refractivity contribution < 1.29 is 4.79 Å². The van der Waals surface area contributed by atoms with Crippen LogP contribution < -0.4 is 5.73 Å². The topological polar surface area (TPSA) is 56.0 Å². The van der Waals surface area contributed by atoms with Crippen LogP contribution in [-0.4, -0.2) is 10.9 Å². The van der Waals surface area contributed by atoms with E-state index in [1.165, 1.54) is 0 Å². The van der Waals surface area contributed by atoms with Crippen LogP contribution >= 0.6 is 0 Å². The van der Waals surface area contributed by atoms with Crippen molar-refractivity contribution in [1.82, 2.24) is 4.98 Å². The third-order valence-electron chi connectivity index (χ3n) is 1.27. The van der Waals surface area contributed by atoms with Crippen LogP contribution in [0.1, 0.15) is 29.9 Å². The van der Waals surface area contributed by atoms with E-state index >= 15 is 0 Å². The zero-order chi connectivity index (χ0) is 9.56. The summed E-state index contributed by atoms with van der Waals surface area (Å²) in [5, 5.41) is 0. The van der Waals surface area contributed by atoms with Gasteiger partial charge in [0.15, 0.2) is 0 Å². The number of nitrogens with two attached hydrogens (primary N) is 1. The molecule has 0 saturated carbocycles. The van der Waals surface area contributed by atoms with E-state index < -0.39 is 5.91 Å². The molecular weight excluding hydrogens is 152 g/mol. The predicted octanol–water partition coefficient (Wildman–Crippen LogP) is 1.52. The van der Waals surface area contributed by atoms with Gasteiger partial charge >= 0.3 is 0 Å². The lowest BCUT2D eigenvalue weighted by molar-refractivity contribution is 0.0999. The highest BCUT2D eigenvalue weighted by molar-refractivity contribution is 5.93. The molecule has 1 rings (SSSR count). The SMILES string of the molecule is CC.Cc1ncccc1C(N)=O. The number of primary amides is 1. The van der Waals surface area contributed by atoms with E-state index in [1.807, 2.05) is 13.8 Å². The Labute approximate surface area is 72.6 Å². The summed E-state index contributed by atoms with van der Waals surface area (Å²) in [6.45, 7) is 5.75. The van der Waals surface area contributed by atoms with Gasteiger partial charge in [0.1, 0.15) is 0 Å². The van der Waals surface area contributed by atoms with Crippen molar-refractivity contribution in [2.75, 3.05) is 0 Å². The molecule has 0 aliphatic heterocycles. The Morgan fingerprint density at radius 2 is 2.08 bits per heavy atom. The highest BCUT2D eigenvalue weighted by Crippen LogP contribution is 2.00. The molecule has 1 amide bonds. The van der Waals surface area contributed by atoms with Crippen LogP contribution in [0.2, 0.25) is 0 Å². The van der Waals surface area contributed by atoms with Crippen LogP contribution in [0.4, 0.5) is 0 Å². The van der Waals surface area contributed by atoms with E-state index in [0.29, 0.717) is 11.3 Å². The van der Waals surface area contributed by atoms with E-state index in [9.17, 15) is 4.79 Å². The summed E-state index contributed by atoms with van der Waals surface area (Å²) in [4.78, 5) is 14.5. The Morgan fingerprint density at radius 3 is 2.42 bits per heavy atom. The van der Waals surface area contributed by atoms with E-state index in [0.717, 1.165) is 0 Å². The van der Waals surface area contributed by atoms with E-state index in [-0.39, 0.29) is 0 Å². The number of amides is 1. The zero-order valence-corrected chi connectivity index (χ0v) is 7.66. The molecular formula is C9H14N2O. The average molecular weight is 166 g/mol. The molecule has 0 aromatic carbocycles. The molecule has 0 fully saturated rings. The lowest BCUT2D eigenvalue weighted by atomic mass is 10.2. The van der Waals surface area contributed by atoms with E-state index in [2.05, 4.69) is 4.98 Å². The number of carbonyl (C=O) groups excluding carboxylic acids is 1. The second-order valence-electron chi connectivity index (χ2n) is 2.00. The highest BCUT2D eigenvalue weighted by atomic mass is 16.1. The molecule has 66 valence electrons. The molecule has 2 N–H and O–H groups in total. The number of carbonyl (C=O) groups is 1. The largest absolute Gasteiger partial charge is 0.366 e. The van der Waals surface area contributed by atoms with Crippen LogP contribution in [0, 0.1) is 6.92 Å². The Morgan fingerprint density at radius 1 is 1.50 bits per heavy atom. The Kier molecular flexibility index (Phi) is 4.69. The molecule has 1 aromatic heterocycles. The van der Waals surface area contributed by atoms with Gasteiger partial charge in [-0.2, -0.15) is 0 Å². The van der Waals surface area contributed by atoms with Crippen LogP contribution in [0.25, 0.3) is 0 Å². The van der Waals surface area contributed by atoms with Crippen molar-refractivity contribution in [1.29, 1.82) is 0 Å². The Balaban J connectivity index is 0.000000561. The molecule has 0 aliphatic rings. The minimum absolute atomic E-state index is 0.425. The number of nitrogens with zero attached hydrogens (tertiary/aromatic N) is 1. The Hall–Kier alpha value is -1.38. The van der Waals surface area contributed by atoms with Crippen LogP contribution in [-0.2, 0) is 0 Å². The second kappa shape index (κ2) is 5.29. The smallest absolute Gasteiger partial charge is 0.250 e. The van der Waals surface area contributed by atoms with Gasteiger partial charge in [-0.25, -0.2) is 0 Å². The molecule has 12 heavy (non-hydrogen) atoms. The van der Waals surface area contributed by atoms with Crippen molar-refractivity contribution >= 4 is 5.91 Å². The first kappa shape index (κ1) is 10.6. The maximum absolute atomic E-state index is 10.6. The van der Waals surface area contributed by atoms with Crippen LogP contribution in [0.5, 0.6) is 0 Å². The van der Waals surface area contributed by atoms with Crippen molar-refractivity contribution in [3.8, 4) is 0 Å². The molecule has 1 heterocycles. The van der Waals surface area contributed by atoms with Gasteiger partial charge in [0, 0.05) is 11.9 Å². The minimum Gasteiger partial charge on any atom is -0.366 e. The van der Waals surface area contributed by atoms with Gasteiger partial charge in [0.2, 0.25) is 0 Å². The predicted molar refractivity (Wildman–Crippen MR) is 48.8 cm³/mol. The first-order valence-corrected chi connectivity index (χ1v) is 3.93. The summed E-state index contributed by atoms with van der Waals surface area (Å²) in [6, 6.07) is 3.34. The van der Waals surface area contributed by atoms with Crippen molar-refractivity contribution in [3.05, 3.63) is 29.6 Å². The Bertz CT molecular complexity index is 258. The first-order chi connectivity index (χ1) is 5.72. The third-order valence-corrected chi connectivity index (χ3v) is 1.27. The molecule has 3 nitrogen and oxygen atoms in total. The quantitative estimate of drug-likeness (QED) is 0.687. The highest BCUT2D eigenvalue weighted by Gasteiger charge is 2.01. The first-order valence-electron chi connectivity index (χ1n) is 3.93. The fraction of sp³-hybridized carbons (Fsp3) is 0.333. The van der Waals surface area contributed by atoms with Crippen molar-refractivity contribution in [2.45, 2.75) is 20.8 Å². The lowest BCUT2D eigenvalue weighted by Crippen LogP contribution is -2.12. The molecule has 0 aliphatic carbocycles. The number of hydrogen-bond acceptors (Lipinski definition) is 2. The van der Waals surface area contributed by atoms with Crippen LogP contribution in [0.3, 0.4) is 0 Å². The van der Waals surface area contributed by atoms with E-state index in [1.54, 1.807) is 25.3 Å². The summed E-state index contributed by atoms with van der Waals surface area (Å²) < 4.78 is 0. The van der Waals surface area contributed by atoms with Crippen molar-refractivity contribution in [2.24, 2.45) is 5.73 Å². The fourth-order valence-corrected chi connectivity index (χ4v) is 0.745. The summed E-state index contributed by atoms with van der Waals surface area (Å²) in [5.74, 6) is -0.425. The summed E-state index contributed by atoms with van der Waals surface area (Å²) in [7, 11) is 0. The number of aryl methyl sites for hydroxylation is 1. The van der Waals surface area contributed by atoms with E-state index in [4.69, 9.17) is 5.73 Å². The van der Waals surface area contributed by atoms with Gasteiger partial charge in [-0.05, 0) is 19.1 Å². The molecule has 0 bridgehead atoms. The minimum atomic E-state index is -0.425. The lowest BCUT2D eigenvalue weighted by Gasteiger charge is -1.96. The third kappa shape index (κ3) is 2.70. The number of rotatable bonds is 1. The maximum Gasteiger partial charge on any atom is 0.250 e. The summed E-state index contributed by atoms with van der Waals surface area (Å²) >= 11 is 0. The number of pyridine rings is 1. The van der Waals surface area contributed by atoms with Gasteiger partial charge in [-0.3, -0.25) is 9.78 Å². The van der Waals surface area contributed by atoms with Gasteiger partial charge in [-0.15, -0.1) is 0 Å². The fourth-order valence-electron chi connectivity index (χ4n) is 0.745. The van der Waals surface area contributed by atoms with Crippen molar-refractivity contribution in [3.63, 3.8) is 0 Å². The summed E-state index contributed by atoms with van der Waals surface area (Å²) in [6.07, 6.45) is 1.63.